The number of halogens is 2. The fourth-order valence-electron chi connectivity index (χ4n) is 2.70. The zero-order valence-corrected chi connectivity index (χ0v) is 19.4. The summed E-state index contributed by atoms with van der Waals surface area (Å²) in [5, 5.41) is 9.94. The topological polar surface area (TPSA) is 65.5 Å². The quantitative estimate of drug-likeness (QED) is 0.307. The van der Waals surface area contributed by atoms with Crippen molar-refractivity contribution in [3.8, 4) is 0 Å². The number of amides is 1. The van der Waals surface area contributed by atoms with Crippen LogP contribution in [-0.2, 0) is 4.79 Å². The summed E-state index contributed by atoms with van der Waals surface area (Å²) in [6.07, 6.45) is 2.84. The van der Waals surface area contributed by atoms with Crippen molar-refractivity contribution in [1.82, 2.24) is 10.6 Å². The molecule has 1 atom stereocenters. The minimum atomic E-state index is -0.0768. The van der Waals surface area contributed by atoms with Gasteiger partial charge in [0.25, 0.3) is 0 Å². The molecule has 0 aromatic heterocycles. The maximum Gasteiger partial charge on any atom is 0.226 e. The number of anilines is 1. The number of nitrogens with one attached hydrogen (secondary N) is 3. The number of guanidine groups is 1. The van der Waals surface area contributed by atoms with E-state index >= 15 is 0 Å². The number of aliphatic imine (C=N–C) groups is 1. The van der Waals surface area contributed by atoms with E-state index in [0.717, 1.165) is 18.1 Å². The summed E-state index contributed by atoms with van der Waals surface area (Å²) in [5.41, 5.74) is 1.71. The molecule has 0 saturated carbocycles. The Morgan fingerprint density at radius 3 is 2.77 bits per heavy atom. The second kappa shape index (κ2) is 11.2. The van der Waals surface area contributed by atoms with Crippen LogP contribution in [0.2, 0.25) is 5.02 Å². The van der Waals surface area contributed by atoms with Gasteiger partial charge < -0.3 is 16.0 Å². The summed E-state index contributed by atoms with van der Waals surface area (Å²) in [7, 11) is 1.74. The van der Waals surface area contributed by atoms with Crippen LogP contribution in [0, 0.1) is 6.92 Å². The summed E-state index contributed by atoms with van der Waals surface area (Å²) < 4.78 is 0.275. The van der Waals surface area contributed by atoms with Crippen LogP contribution in [0.1, 0.15) is 31.7 Å². The number of carbonyl (C=O) groups is 1. The number of benzene rings is 1. The Morgan fingerprint density at radius 2 is 2.15 bits per heavy atom. The molecule has 5 nitrogen and oxygen atoms in total. The van der Waals surface area contributed by atoms with Gasteiger partial charge in [-0.2, -0.15) is 11.8 Å². The van der Waals surface area contributed by atoms with E-state index in [2.05, 4.69) is 27.9 Å². The minimum Gasteiger partial charge on any atom is -0.356 e. The first-order chi connectivity index (χ1) is 11.9. The Balaban J connectivity index is 0.00000338. The Labute approximate surface area is 182 Å². The fourth-order valence-corrected chi connectivity index (χ4v) is 4.22. The molecule has 26 heavy (non-hydrogen) atoms. The maximum atomic E-state index is 12.1. The summed E-state index contributed by atoms with van der Waals surface area (Å²) in [6.45, 7) is 5.63. The van der Waals surface area contributed by atoms with Gasteiger partial charge in [-0.1, -0.05) is 17.7 Å². The van der Waals surface area contributed by atoms with Gasteiger partial charge in [0.1, 0.15) is 0 Å². The Bertz CT molecular complexity index is 636. The largest absolute Gasteiger partial charge is 0.356 e. The number of aryl methyl sites for hydroxylation is 1. The highest BCUT2D eigenvalue weighted by molar-refractivity contribution is 14.0. The zero-order chi connectivity index (χ0) is 18.3. The van der Waals surface area contributed by atoms with Gasteiger partial charge in [-0.3, -0.25) is 9.79 Å². The molecule has 1 aromatic carbocycles. The van der Waals surface area contributed by atoms with E-state index in [-0.39, 0.29) is 34.6 Å². The third-order valence-corrected chi connectivity index (χ3v) is 6.05. The predicted octanol–water partition coefficient (Wildman–Crippen LogP) is 4.05. The van der Waals surface area contributed by atoms with Gasteiger partial charge in [-0.25, -0.2) is 0 Å². The number of hydrogen-bond acceptors (Lipinski definition) is 3. The van der Waals surface area contributed by atoms with Crippen LogP contribution in [0.25, 0.3) is 0 Å². The molecule has 2 rings (SSSR count). The van der Waals surface area contributed by atoms with Crippen LogP contribution in [0.4, 0.5) is 5.69 Å². The van der Waals surface area contributed by atoms with Gasteiger partial charge in [0.05, 0.1) is 10.7 Å². The van der Waals surface area contributed by atoms with E-state index in [1.54, 1.807) is 7.05 Å². The first kappa shape index (κ1) is 23.4. The van der Waals surface area contributed by atoms with Crippen molar-refractivity contribution < 1.29 is 4.79 Å². The summed E-state index contributed by atoms with van der Waals surface area (Å²) in [4.78, 5) is 16.3. The smallest absolute Gasteiger partial charge is 0.226 e. The molecule has 146 valence electrons. The van der Waals surface area contributed by atoms with Gasteiger partial charge in [-0.05, 0) is 50.1 Å². The highest BCUT2D eigenvalue weighted by atomic mass is 127. The number of hydrogen-bond donors (Lipinski definition) is 3. The normalized spacial score (nSPS) is 19.6. The molecular formula is C18H28ClIN4OS. The van der Waals surface area contributed by atoms with Crippen LogP contribution >= 0.6 is 47.3 Å². The van der Waals surface area contributed by atoms with Crippen LogP contribution in [-0.4, -0.2) is 42.5 Å². The molecule has 1 saturated heterocycles. The molecule has 0 radical (unpaired) electrons. The average molecular weight is 511 g/mol. The maximum absolute atomic E-state index is 12.1. The Hall–Kier alpha value is -0.670. The van der Waals surface area contributed by atoms with E-state index < -0.39 is 0 Å². The van der Waals surface area contributed by atoms with Crippen molar-refractivity contribution in [3.05, 3.63) is 28.8 Å². The molecule has 1 aliphatic heterocycles. The second-order valence-electron chi connectivity index (χ2n) is 6.54. The van der Waals surface area contributed by atoms with E-state index in [0.29, 0.717) is 23.7 Å². The third-order valence-electron chi connectivity index (χ3n) is 4.20. The molecular weight excluding hydrogens is 483 g/mol. The lowest BCUT2D eigenvalue weighted by atomic mass is 10.1. The van der Waals surface area contributed by atoms with E-state index in [4.69, 9.17) is 11.6 Å². The molecule has 8 heteroatoms. The molecule has 1 aliphatic rings. The first-order valence-corrected chi connectivity index (χ1v) is 9.93. The highest BCUT2D eigenvalue weighted by Gasteiger charge is 2.29. The third kappa shape index (κ3) is 7.52. The molecule has 3 N–H and O–H groups in total. The lowest BCUT2D eigenvalue weighted by molar-refractivity contribution is -0.116. The summed E-state index contributed by atoms with van der Waals surface area (Å²) >= 11 is 8.14. The number of thioether (sulfide) groups is 1. The van der Waals surface area contributed by atoms with E-state index in [1.807, 2.05) is 36.9 Å². The summed E-state index contributed by atoms with van der Waals surface area (Å²) in [6, 6.07) is 5.58. The standard InChI is InChI=1S/C18H27ClN4OS.HI/c1-13-5-6-15(14(19)11-13)23-16(24)7-9-21-17(20-3)22-12-18(2)8-4-10-25-18;/h5-6,11H,4,7-10,12H2,1-3H3,(H,23,24)(H2,20,21,22);1H. The summed E-state index contributed by atoms with van der Waals surface area (Å²) in [5.74, 6) is 1.88. The van der Waals surface area contributed by atoms with Crippen LogP contribution < -0.4 is 16.0 Å². The number of nitrogens with zero attached hydrogens (tertiary/aromatic N) is 1. The number of carbonyl (C=O) groups excluding carboxylic acids is 1. The van der Waals surface area contributed by atoms with Crippen molar-refractivity contribution in [2.45, 2.75) is 37.9 Å². The van der Waals surface area contributed by atoms with Crippen molar-refractivity contribution in [3.63, 3.8) is 0 Å². The second-order valence-corrected chi connectivity index (χ2v) is 8.63. The molecule has 1 unspecified atom stereocenters. The van der Waals surface area contributed by atoms with Crippen molar-refractivity contribution in [2.75, 3.05) is 31.2 Å². The van der Waals surface area contributed by atoms with Gasteiger partial charge >= 0.3 is 0 Å². The van der Waals surface area contributed by atoms with Crippen molar-refractivity contribution >= 4 is 64.9 Å². The molecule has 1 amide bonds. The lowest BCUT2D eigenvalue weighted by Gasteiger charge is -2.24. The predicted molar refractivity (Wildman–Crippen MR) is 124 cm³/mol. The van der Waals surface area contributed by atoms with Crippen LogP contribution in [0.3, 0.4) is 0 Å². The van der Waals surface area contributed by atoms with Crippen molar-refractivity contribution in [2.24, 2.45) is 4.99 Å². The Kier molecular flexibility index (Phi) is 10.1. The minimum absolute atomic E-state index is 0. The Morgan fingerprint density at radius 1 is 1.38 bits per heavy atom. The molecule has 0 bridgehead atoms. The van der Waals surface area contributed by atoms with E-state index in [9.17, 15) is 4.79 Å². The van der Waals surface area contributed by atoms with Gasteiger partial charge in [0.2, 0.25) is 5.91 Å². The average Bonchev–Trinajstić information content (AvgIpc) is 3.00. The van der Waals surface area contributed by atoms with Gasteiger partial charge in [0, 0.05) is 31.3 Å². The first-order valence-electron chi connectivity index (χ1n) is 8.56. The fraction of sp³-hybridized carbons (Fsp3) is 0.556. The molecule has 1 aromatic rings. The number of rotatable bonds is 6. The monoisotopic (exact) mass is 510 g/mol. The van der Waals surface area contributed by atoms with E-state index in [1.165, 1.54) is 18.6 Å². The van der Waals surface area contributed by atoms with Crippen LogP contribution in [0.5, 0.6) is 0 Å². The zero-order valence-electron chi connectivity index (χ0n) is 15.5. The lowest BCUT2D eigenvalue weighted by Crippen LogP contribution is -2.44. The molecule has 1 heterocycles. The molecule has 1 fully saturated rings. The van der Waals surface area contributed by atoms with Crippen molar-refractivity contribution in [1.29, 1.82) is 0 Å². The molecule has 0 spiro atoms. The highest BCUT2D eigenvalue weighted by Crippen LogP contribution is 2.36. The van der Waals surface area contributed by atoms with Crippen LogP contribution in [0.15, 0.2) is 23.2 Å². The van der Waals surface area contributed by atoms with Gasteiger partial charge in [-0.15, -0.1) is 24.0 Å². The SMILES string of the molecule is CN=C(NCCC(=O)Nc1ccc(C)cc1Cl)NCC1(C)CCCS1.I. The van der Waals surface area contributed by atoms with Gasteiger partial charge in [0.15, 0.2) is 5.96 Å². The molecule has 0 aliphatic carbocycles.